The third-order valence-electron chi connectivity index (χ3n) is 14.4. The highest BCUT2D eigenvalue weighted by Gasteiger charge is 2.17. The predicted molar refractivity (Wildman–Crippen MR) is 337 cm³/mol. The molecule has 0 unspecified atom stereocenters. The number of hydrogen-bond acceptors (Lipinski definition) is 23. The number of halogens is 2. The number of hydrogen-bond donors (Lipinski definition) is 3. The van der Waals surface area contributed by atoms with Crippen molar-refractivity contribution in [3.05, 3.63) is 183 Å². The predicted octanol–water partition coefficient (Wildman–Crippen LogP) is 9.65. The molecule has 0 radical (unpaired) electrons. The highest BCUT2D eigenvalue weighted by molar-refractivity contribution is 5.89. The van der Waals surface area contributed by atoms with Crippen LogP contribution < -0.4 is 30.2 Å². The van der Waals surface area contributed by atoms with Crippen molar-refractivity contribution < 1.29 is 23.0 Å². The number of methoxy groups -OCH3 is 2. The minimum absolute atomic E-state index is 0.0479. The SMILES string of the molecule is CCn1cc(-c2ccc3nnc(CNc4ccnc5cc(OC)cnc45)n3n2)cn1.COc1cnc2c(NCc3nnc4ccc(-c5cnn(C(C)C)c5)nn34)ccnc2c1.FC(F)Oc1cnc2c(NCc3nnc4ccc(-c5ccccc5)nn34)ccnc2c1. The Hall–Kier alpha value is -12.4. The zero-order valence-corrected chi connectivity index (χ0v) is 49.9. The quantitative estimate of drug-likeness (QED) is 0.0719. The molecule has 0 fully saturated rings. The lowest BCUT2D eigenvalue weighted by Crippen LogP contribution is -2.07. The molecule has 92 heavy (non-hydrogen) atoms. The van der Waals surface area contributed by atoms with Crippen molar-refractivity contribution in [1.82, 2.24) is 109 Å². The van der Waals surface area contributed by atoms with Crippen molar-refractivity contribution in [3.8, 4) is 51.0 Å². The molecule has 0 spiro atoms. The summed E-state index contributed by atoms with van der Waals surface area (Å²) in [4.78, 5) is 26.0. The average Bonchev–Trinajstić information content (AvgIpc) is 1.65. The lowest BCUT2D eigenvalue weighted by atomic mass is 10.1. The van der Waals surface area contributed by atoms with E-state index in [0.29, 0.717) is 82.3 Å². The van der Waals surface area contributed by atoms with E-state index in [1.54, 1.807) is 64.8 Å². The Balaban J connectivity index is 0.000000126. The molecule has 14 aromatic heterocycles. The molecule has 0 atom stereocenters. The summed E-state index contributed by atoms with van der Waals surface area (Å²) in [6.45, 7) is 5.29. The highest BCUT2D eigenvalue weighted by atomic mass is 19.3. The van der Waals surface area contributed by atoms with Gasteiger partial charge in [-0.15, -0.1) is 30.6 Å². The zero-order valence-electron chi connectivity index (χ0n) is 49.9. The van der Waals surface area contributed by atoms with Gasteiger partial charge in [-0.2, -0.15) is 47.8 Å². The van der Waals surface area contributed by atoms with Crippen LogP contribution in [-0.4, -0.2) is 130 Å². The van der Waals surface area contributed by atoms with Crippen LogP contribution in [-0.2, 0) is 26.2 Å². The molecule has 0 saturated heterocycles. The number of pyridine rings is 6. The third-order valence-corrected chi connectivity index (χ3v) is 14.4. The summed E-state index contributed by atoms with van der Waals surface area (Å²) in [6.07, 6.45) is 17.2. The smallest absolute Gasteiger partial charge is 0.387 e. The van der Waals surface area contributed by atoms with E-state index in [9.17, 15) is 8.78 Å². The monoisotopic (exact) mass is 1240 g/mol. The fraction of sp³-hybridized carbons (Fsp3) is 0.177. The van der Waals surface area contributed by atoms with E-state index >= 15 is 0 Å². The average molecular weight is 1240 g/mol. The molecule has 1 aromatic carbocycles. The van der Waals surface area contributed by atoms with Crippen LogP contribution in [0.2, 0.25) is 0 Å². The van der Waals surface area contributed by atoms with Crippen molar-refractivity contribution in [2.24, 2.45) is 0 Å². The second-order valence-electron chi connectivity index (χ2n) is 20.6. The minimum atomic E-state index is -2.92. The Morgan fingerprint density at radius 3 is 1.29 bits per heavy atom. The van der Waals surface area contributed by atoms with Crippen molar-refractivity contribution in [3.63, 3.8) is 0 Å². The van der Waals surface area contributed by atoms with Gasteiger partial charge in [-0.25, -0.2) is 15.0 Å². The Morgan fingerprint density at radius 2 is 0.880 bits per heavy atom. The second-order valence-corrected chi connectivity index (χ2v) is 20.6. The van der Waals surface area contributed by atoms with Gasteiger partial charge < -0.3 is 30.2 Å². The first-order chi connectivity index (χ1) is 45.0. The molecule has 0 bridgehead atoms. The Kier molecular flexibility index (Phi) is 16.7. The Morgan fingerprint density at radius 1 is 0.457 bits per heavy atom. The fourth-order valence-electron chi connectivity index (χ4n) is 9.70. The maximum absolute atomic E-state index is 12.4. The van der Waals surface area contributed by atoms with Gasteiger partial charge in [0.1, 0.15) is 33.8 Å². The summed E-state index contributed by atoms with van der Waals surface area (Å²) < 4.78 is 48.7. The summed E-state index contributed by atoms with van der Waals surface area (Å²) in [5, 5.41) is 58.2. The Labute approximate surface area is 520 Å². The standard InChI is InChI=1S/C21H15F2N7O.C21H21N9O.C20H19N9O/c22-21(23)31-14-10-17-20(26-11-14)16(8-9-24-17)25-12-19-28-27-18-7-6-15(29-30(18)19)13-4-2-1-3-5-13;1-13(2)29-12-14(9-25-29)16-4-5-19-26-27-20(30(19)28-16)11-23-17-6-7-22-18-8-15(31-3)10-24-21(17)18;1-3-28-12-13(9-24-28)15-4-5-18-25-26-19(29(18)27-15)11-22-16-6-7-21-17-8-14(30-2)10-23-20(16)17/h1-11,21H,12H2,(H,24,25);4-10,12-13H,11H2,1-3H3,(H,22,23);4-10,12H,3,11H2,1-2H3,(H,21,22). The molecule has 15 aromatic rings. The summed E-state index contributed by atoms with van der Waals surface area (Å²) >= 11 is 0. The van der Waals surface area contributed by atoms with Crippen LogP contribution >= 0.6 is 0 Å². The van der Waals surface area contributed by atoms with E-state index < -0.39 is 6.61 Å². The maximum Gasteiger partial charge on any atom is 0.387 e. The van der Waals surface area contributed by atoms with Crippen LogP contribution in [0.15, 0.2) is 165 Å². The topological polar surface area (TPSA) is 306 Å². The molecular formula is C62H55F2N25O3. The summed E-state index contributed by atoms with van der Waals surface area (Å²) in [7, 11) is 3.21. The number of nitrogens with zero attached hydrogens (tertiary/aromatic N) is 22. The van der Waals surface area contributed by atoms with Crippen LogP contribution in [0, 0.1) is 0 Å². The van der Waals surface area contributed by atoms with Crippen LogP contribution in [0.4, 0.5) is 25.8 Å². The van der Waals surface area contributed by atoms with Gasteiger partial charge >= 0.3 is 6.61 Å². The summed E-state index contributed by atoms with van der Waals surface area (Å²) in [5.41, 5.74) is 13.6. The number of aryl methyl sites for hydroxylation is 1. The summed E-state index contributed by atoms with van der Waals surface area (Å²) in [5.74, 6) is 3.26. The van der Waals surface area contributed by atoms with Crippen molar-refractivity contribution in [1.29, 1.82) is 0 Å². The normalized spacial score (nSPS) is 11.4. The van der Waals surface area contributed by atoms with E-state index in [1.165, 1.54) is 12.3 Å². The number of rotatable bonds is 18. The number of alkyl halides is 2. The van der Waals surface area contributed by atoms with Gasteiger partial charge in [0.15, 0.2) is 34.4 Å². The van der Waals surface area contributed by atoms with Gasteiger partial charge in [-0.05, 0) is 75.4 Å². The van der Waals surface area contributed by atoms with Crippen LogP contribution in [0.3, 0.4) is 0 Å². The number of benzene rings is 1. The fourth-order valence-corrected chi connectivity index (χ4v) is 9.70. The van der Waals surface area contributed by atoms with E-state index in [4.69, 9.17) is 19.7 Å². The van der Waals surface area contributed by atoms with Gasteiger partial charge in [-0.3, -0.25) is 24.3 Å². The van der Waals surface area contributed by atoms with E-state index in [1.807, 2.05) is 132 Å². The molecule has 0 saturated carbocycles. The molecule has 28 nitrogen and oxygen atoms in total. The molecule has 0 aliphatic heterocycles. The first-order valence-corrected chi connectivity index (χ1v) is 28.8. The lowest BCUT2D eigenvalue weighted by Gasteiger charge is -2.09. The van der Waals surface area contributed by atoms with Crippen molar-refractivity contribution in [2.45, 2.75) is 59.6 Å². The van der Waals surface area contributed by atoms with Gasteiger partial charge in [0.2, 0.25) is 0 Å². The minimum Gasteiger partial charge on any atom is -0.495 e. The number of anilines is 3. The number of fused-ring (bicyclic) bond motifs is 6. The van der Waals surface area contributed by atoms with Crippen molar-refractivity contribution >= 4 is 67.1 Å². The largest absolute Gasteiger partial charge is 0.495 e. The van der Waals surface area contributed by atoms with Crippen LogP contribution in [0.5, 0.6) is 17.2 Å². The van der Waals surface area contributed by atoms with Crippen LogP contribution in [0.25, 0.3) is 83.8 Å². The molecule has 460 valence electrons. The third kappa shape index (κ3) is 12.7. The first kappa shape index (κ1) is 58.6. The van der Waals surface area contributed by atoms with Gasteiger partial charge in [-0.1, -0.05) is 30.3 Å². The second kappa shape index (κ2) is 26.1. The van der Waals surface area contributed by atoms with Gasteiger partial charge in [0.25, 0.3) is 0 Å². The first-order valence-electron chi connectivity index (χ1n) is 28.8. The van der Waals surface area contributed by atoms with Gasteiger partial charge in [0, 0.05) is 78.5 Å². The van der Waals surface area contributed by atoms with Crippen LogP contribution in [0.1, 0.15) is 44.3 Å². The number of nitrogens with one attached hydrogen (secondary N) is 3. The molecule has 15 rings (SSSR count). The molecule has 14 heterocycles. The van der Waals surface area contributed by atoms with Crippen molar-refractivity contribution in [2.75, 3.05) is 30.2 Å². The van der Waals surface area contributed by atoms with Gasteiger partial charge in [0.05, 0.1) is 116 Å². The maximum atomic E-state index is 12.4. The zero-order chi connectivity index (χ0) is 63.1. The molecule has 0 aliphatic carbocycles. The van der Waals surface area contributed by atoms with E-state index in [0.717, 1.165) is 73.8 Å². The number of aromatic nitrogens is 22. The molecule has 3 N–H and O–H groups in total. The highest BCUT2D eigenvalue weighted by Crippen LogP contribution is 2.28. The lowest BCUT2D eigenvalue weighted by molar-refractivity contribution is -0.0499. The van der Waals surface area contributed by atoms with E-state index in [2.05, 4.69) is 110 Å². The summed E-state index contributed by atoms with van der Waals surface area (Å²) in [6, 6.07) is 32.1. The molecular weight excluding hydrogens is 1180 g/mol. The molecule has 0 aliphatic rings. The Bertz CT molecular complexity index is 5070. The molecule has 30 heteroatoms. The van der Waals surface area contributed by atoms with E-state index in [-0.39, 0.29) is 11.8 Å². The number of ether oxygens (including phenoxy) is 3. The molecule has 0 amide bonds.